The van der Waals surface area contributed by atoms with Gasteiger partial charge in [-0.25, -0.2) is 4.39 Å². The van der Waals surface area contributed by atoms with Crippen LogP contribution in [0.4, 0.5) is 4.39 Å². The highest BCUT2D eigenvalue weighted by Gasteiger charge is 2.23. The zero-order chi connectivity index (χ0) is 20.1. The van der Waals surface area contributed by atoms with Gasteiger partial charge < -0.3 is 10.2 Å². The van der Waals surface area contributed by atoms with E-state index in [4.69, 9.17) is 4.98 Å². The van der Waals surface area contributed by atoms with Crippen molar-refractivity contribution in [1.82, 2.24) is 4.98 Å². The molecule has 0 saturated carbocycles. The van der Waals surface area contributed by atoms with Crippen LogP contribution in [0.15, 0.2) is 18.2 Å². The van der Waals surface area contributed by atoms with Gasteiger partial charge in [-0.05, 0) is 53.5 Å². The average molecular weight is 374 g/mol. The van der Waals surface area contributed by atoms with Crippen LogP contribution < -0.4 is 0 Å². The minimum atomic E-state index is -0.640. The molecular formula is C23H32FNO2. The number of aliphatic hydroxyl groups excluding tert-OH is 1. The third-order valence-electron chi connectivity index (χ3n) is 4.98. The summed E-state index contributed by atoms with van der Waals surface area (Å²) in [7, 11) is 0. The van der Waals surface area contributed by atoms with Crippen LogP contribution in [-0.4, -0.2) is 15.2 Å². The molecule has 0 atom stereocenters. The van der Waals surface area contributed by atoms with E-state index >= 15 is 0 Å². The van der Waals surface area contributed by atoms with Gasteiger partial charge in [-0.1, -0.05) is 53.5 Å². The molecule has 4 heteroatoms. The maximum absolute atomic E-state index is 13.6. The predicted molar refractivity (Wildman–Crippen MR) is 109 cm³/mol. The first-order chi connectivity index (χ1) is 12.8. The molecule has 0 radical (unpaired) electrons. The Balaban J connectivity index is 2.82. The maximum Gasteiger partial charge on any atom is 0.164 e. The third kappa shape index (κ3) is 4.67. The molecule has 0 unspecified atom stereocenters. The van der Waals surface area contributed by atoms with E-state index in [1.165, 1.54) is 12.1 Å². The van der Waals surface area contributed by atoms with Crippen molar-refractivity contribution in [1.29, 1.82) is 0 Å². The van der Waals surface area contributed by atoms with Crippen molar-refractivity contribution in [3.05, 3.63) is 46.5 Å². The summed E-state index contributed by atoms with van der Waals surface area (Å²) in [5.74, 6) is -0.620. The molecule has 2 aromatic rings. The van der Waals surface area contributed by atoms with Crippen molar-refractivity contribution in [2.75, 3.05) is 0 Å². The molecule has 0 saturated heterocycles. The van der Waals surface area contributed by atoms with Crippen LogP contribution in [0.2, 0.25) is 0 Å². The number of hydrogen-bond donors (Lipinski definition) is 2. The van der Waals surface area contributed by atoms with Crippen molar-refractivity contribution in [3.63, 3.8) is 0 Å². The number of aromatic nitrogens is 1. The Morgan fingerprint density at radius 1 is 1.00 bits per heavy atom. The largest absolute Gasteiger partial charge is 0.505 e. The van der Waals surface area contributed by atoms with Crippen molar-refractivity contribution in [2.24, 2.45) is 0 Å². The van der Waals surface area contributed by atoms with Gasteiger partial charge in [0.2, 0.25) is 0 Å². The van der Waals surface area contributed by atoms with Gasteiger partial charge in [0.05, 0.1) is 6.61 Å². The van der Waals surface area contributed by atoms with Gasteiger partial charge in [0.25, 0.3) is 0 Å². The van der Waals surface area contributed by atoms with E-state index in [1.54, 1.807) is 6.07 Å². The Kier molecular flexibility index (Phi) is 7.37. The molecular weight excluding hydrogens is 341 g/mol. The zero-order valence-corrected chi connectivity index (χ0v) is 17.1. The highest BCUT2D eigenvalue weighted by molar-refractivity contribution is 5.74. The van der Waals surface area contributed by atoms with E-state index in [0.29, 0.717) is 0 Å². The Morgan fingerprint density at radius 2 is 1.63 bits per heavy atom. The van der Waals surface area contributed by atoms with E-state index < -0.39 is 5.82 Å². The fourth-order valence-electron chi connectivity index (χ4n) is 3.64. The SMILES string of the molecule is CCCCCc1c(C(C)C)nc(C(C)C)c(CO)c1-c1ccc(F)c(O)c1. The van der Waals surface area contributed by atoms with Gasteiger partial charge in [-0.15, -0.1) is 0 Å². The number of nitrogens with zero attached hydrogens (tertiary/aromatic N) is 1. The van der Waals surface area contributed by atoms with Crippen molar-refractivity contribution in [3.8, 4) is 16.9 Å². The monoisotopic (exact) mass is 373 g/mol. The van der Waals surface area contributed by atoms with Crippen LogP contribution in [0.3, 0.4) is 0 Å². The van der Waals surface area contributed by atoms with Crippen molar-refractivity contribution >= 4 is 0 Å². The second kappa shape index (κ2) is 9.32. The van der Waals surface area contributed by atoms with E-state index in [2.05, 4.69) is 34.6 Å². The average Bonchev–Trinajstić information content (AvgIpc) is 2.62. The van der Waals surface area contributed by atoms with Crippen LogP contribution in [0.1, 0.15) is 88.2 Å². The Morgan fingerprint density at radius 3 is 2.15 bits per heavy atom. The molecule has 27 heavy (non-hydrogen) atoms. The zero-order valence-electron chi connectivity index (χ0n) is 17.1. The van der Waals surface area contributed by atoms with Crippen LogP contribution in [0.25, 0.3) is 11.1 Å². The number of rotatable bonds is 8. The summed E-state index contributed by atoms with van der Waals surface area (Å²) < 4.78 is 13.6. The smallest absolute Gasteiger partial charge is 0.164 e. The number of phenolic OH excluding ortho intramolecular Hbond substituents is 1. The normalized spacial score (nSPS) is 11.6. The van der Waals surface area contributed by atoms with Gasteiger partial charge in [0.1, 0.15) is 0 Å². The molecule has 148 valence electrons. The van der Waals surface area contributed by atoms with E-state index in [-0.39, 0.29) is 24.2 Å². The Hall–Kier alpha value is -1.94. The number of aliphatic hydroxyl groups is 1. The highest BCUT2D eigenvalue weighted by atomic mass is 19.1. The van der Waals surface area contributed by atoms with E-state index in [0.717, 1.165) is 59.3 Å². The summed E-state index contributed by atoms with van der Waals surface area (Å²) in [6, 6.07) is 4.43. The summed E-state index contributed by atoms with van der Waals surface area (Å²) in [5.41, 5.74) is 5.44. The van der Waals surface area contributed by atoms with Gasteiger partial charge >= 0.3 is 0 Å². The number of benzene rings is 1. The second-order valence-electron chi connectivity index (χ2n) is 7.81. The molecule has 0 spiro atoms. The molecule has 0 bridgehead atoms. The van der Waals surface area contributed by atoms with Crippen LogP contribution in [-0.2, 0) is 13.0 Å². The first kappa shape index (κ1) is 21.4. The molecule has 0 amide bonds. The number of pyridine rings is 1. The van der Waals surface area contributed by atoms with Gasteiger partial charge in [0, 0.05) is 17.0 Å². The molecule has 0 aliphatic carbocycles. The number of hydrogen-bond acceptors (Lipinski definition) is 3. The molecule has 2 rings (SSSR count). The molecule has 2 N–H and O–H groups in total. The van der Waals surface area contributed by atoms with Crippen molar-refractivity contribution in [2.45, 2.75) is 78.7 Å². The lowest BCUT2D eigenvalue weighted by molar-refractivity contribution is 0.279. The lowest BCUT2D eigenvalue weighted by atomic mass is 9.85. The van der Waals surface area contributed by atoms with Crippen LogP contribution in [0.5, 0.6) is 5.75 Å². The standard InChI is InChI=1S/C23H32FNO2/c1-6-7-8-9-17-21(16-10-11-19(24)20(27)12-16)18(13-26)23(15(4)5)25-22(17)14(2)3/h10-12,14-15,26-27H,6-9,13H2,1-5H3. The summed E-state index contributed by atoms with van der Waals surface area (Å²) in [5, 5.41) is 20.1. The van der Waals surface area contributed by atoms with Crippen LogP contribution in [0, 0.1) is 5.82 Å². The number of phenols is 1. The second-order valence-corrected chi connectivity index (χ2v) is 7.81. The lowest BCUT2D eigenvalue weighted by Gasteiger charge is -2.24. The number of halogens is 1. The summed E-state index contributed by atoms with van der Waals surface area (Å²) >= 11 is 0. The van der Waals surface area contributed by atoms with E-state index in [1.807, 2.05) is 0 Å². The van der Waals surface area contributed by atoms with E-state index in [9.17, 15) is 14.6 Å². The van der Waals surface area contributed by atoms with Crippen LogP contribution >= 0.6 is 0 Å². The fraction of sp³-hybridized carbons (Fsp3) is 0.522. The summed E-state index contributed by atoms with van der Waals surface area (Å²) in [6.07, 6.45) is 4.12. The highest BCUT2D eigenvalue weighted by Crippen LogP contribution is 2.38. The first-order valence-corrected chi connectivity index (χ1v) is 9.97. The topological polar surface area (TPSA) is 53.4 Å². The number of unbranched alkanes of at least 4 members (excludes halogenated alkanes) is 2. The van der Waals surface area contributed by atoms with Gasteiger partial charge in [-0.2, -0.15) is 0 Å². The molecule has 0 aliphatic rings. The molecule has 0 aliphatic heterocycles. The molecule has 0 fully saturated rings. The first-order valence-electron chi connectivity index (χ1n) is 9.97. The predicted octanol–water partition coefficient (Wildman–Crippen LogP) is 6.07. The minimum absolute atomic E-state index is 0.132. The molecule has 1 aromatic carbocycles. The fourth-order valence-corrected chi connectivity index (χ4v) is 3.64. The third-order valence-corrected chi connectivity index (χ3v) is 4.98. The lowest BCUT2D eigenvalue weighted by Crippen LogP contribution is -2.12. The Labute approximate surface area is 162 Å². The summed E-state index contributed by atoms with van der Waals surface area (Å²) in [4.78, 5) is 4.95. The minimum Gasteiger partial charge on any atom is -0.505 e. The summed E-state index contributed by atoms with van der Waals surface area (Å²) in [6.45, 7) is 10.4. The quantitative estimate of drug-likeness (QED) is 0.553. The molecule has 1 heterocycles. The van der Waals surface area contributed by atoms with Gasteiger partial charge in [-0.3, -0.25) is 4.98 Å². The molecule has 3 nitrogen and oxygen atoms in total. The van der Waals surface area contributed by atoms with Gasteiger partial charge in [0.15, 0.2) is 11.6 Å². The Bertz CT molecular complexity index is 784. The number of aromatic hydroxyl groups is 1. The van der Waals surface area contributed by atoms with Crippen molar-refractivity contribution < 1.29 is 14.6 Å². The molecule has 1 aromatic heterocycles. The maximum atomic E-state index is 13.6.